The summed E-state index contributed by atoms with van der Waals surface area (Å²) in [6.07, 6.45) is 0. The van der Waals surface area contributed by atoms with Crippen molar-refractivity contribution in [3.05, 3.63) is 42.4 Å². The van der Waals surface area contributed by atoms with Crippen LogP contribution in [0.4, 0.5) is 0 Å². The Morgan fingerprint density at radius 3 is 2.75 bits per heavy atom. The van der Waals surface area contributed by atoms with E-state index in [1.807, 2.05) is 17.0 Å². The highest BCUT2D eigenvalue weighted by atomic mass is 127. The Morgan fingerprint density at radius 1 is 1.33 bits per heavy atom. The second-order valence-electron chi connectivity index (χ2n) is 5.82. The number of benzene rings is 1. The number of carbonyl (C=O) groups excluding carboxylic acids is 2. The minimum Gasteiger partial charge on any atom is -0.509 e. The molecule has 1 saturated heterocycles. The molecule has 128 valence electrons. The lowest BCUT2D eigenvalue weighted by atomic mass is 10.1. The first kappa shape index (κ1) is 17.8. The van der Waals surface area contributed by atoms with Gasteiger partial charge >= 0.3 is 0 Å². The molecule has 0 radical (unpaired) electrons. The molecular weight excluding hydrogens is 536 g/mol. The lowest BCUT2D eigenvalue weighted by molar-refractivity contribution is -0.132. The van der Waals surface area contributed by atoms with Crippen LogP contribution in [0.3, 0.4) is 0 Å². The molecule has 2 aliphatic heterocycles. The molecule has 0 spiro atoms. The van der Waals surface area contributed by atoms with Crippen molar-refractivity contribution in [3.8, 4) is 0 Å². The molecule has 0 aromatic heterocycles. The molecule has 8 heteroatoms. The van der Waals surface area contributed by atoms with E-state index in [-0.39, 0.29) is 23.3 Å². The van der Waals surface area contributed by atoms with Crippen LogP contribution in [-0.4, -0.2) is 53.4 Å². The van der Waals surface area contributed by atoms with Crippen molar-refractivity contribution < 1.29 is 14.7 Å². The van der Waals surface area contributed by atoms with Gasteiger partial charge in [0.1, 0.15) is 17.4 Å². The largest absolute Gasteiger partial charge is 0.509 e. The van der Waals surface area contributed by atoms with E-state index in [9.17, 15) is 14.7 Å². The van der Waals surface area contributed by atoms with Crippen molar-refractivity contribution >= 4 is 57.0 Å². The number of hydrogen-bond acceptors (Lipinski definition) is 4. The SMILES string of the molecule is CNC(=O)C1CN2CCN(Cc3ccc(I)c(I)c3)C(=O)C2=C1O. The van der Waals surface area contributed by atoms with E-state index >= 15 is 0 Å². The van der Waals surface area contributed by atoms with Gasteiger partial charge in [-0.2, -0.15) is 0 Å². The summed E-state index contributed by atoms with van der Waals surface area (Å²) in [4.78, 5) is 28.2. The molecule has 2 amide bonds. The van der Waals surface area contributed by atoms with E-state index in [2.05, 4.69) is 56.6 Å². The second-order valence-corrected chi connectivity index (χ2v) is 8.15. The third kappa shape index (κ3) is 3.22. The Hall–Kier alpha value is -1.04. The zero-order chi connectivity index (χ0) is 17.4. The van der Waals surface area contributed by atoms with E-state index in [4.69, 9.17) is 0 Å². The zero-order valence-corrected chi connectivity index (χ0v) is 17.4. The number of nitrogens with zero attached hydrogens (tertiary/aromatic N) is 2. The number of halogens is 2. The van der Waals surface area contributed by atoms with E-state index in [1.165, 1.54) is 10.6 Å². The molecule has 2 aliphatic rings. The van der Waals surface area contributed by atoms with Crippen molar-refractivity contribution in [2.75, 3.05) is 26.7 Å². The molecule has 2 heterocycles. The molecule has 3 rings (SSSR count). The topological polar surface area (TPSA) is 72.9 Å². The highest BCUT2D eigenvalue weighted by molar-refractivity contribution is 14.1. The van der Waals surface area contributed by atoms with Crippen molar-refractivity contribution in [2.45, 2.75) is 6.54 Å². The van der Waals surface area contributed by atoms with E-state index in [0.29, 0.717) is 26.2 Å². The lowest BCUT2D eigenvalue weighted by Gasteiger charge is -2.34. The average molecular weight is 553 g/mol. The second kappa shape index (κ2) is 7.06. The van der Waals surface area contributed by atoms with Gasteiger partial charge in [-0.3, -0.25) is 9.59 Å². The number of nitrogens with one attached hydrogen (secondary N) is 1. The zero-order valence-electron chi connectivity index (χ0n) is 13.1. The maximum absolute atomic E-state index is 12.8. The summed E-state index contributed by atoms with van der Waals surface area (Å²) in [5.41, 5.74) is 1.33. The van der Waals surface area contributed by atoms with Gasteiger partial charge in [-0.05, 0) is 62.9 Å². The monoisotopic (exact) mass is 553 g/mol. The van der Waals surface area contributed by atoms with Crippen LogP contribution < -0.4 is 5.32 Å². The van der Waals surface area contributed by atoms with Crippen LogP contribution in [0, 0.1) is 13.1 Å². The van der Waals surface area contributed by atoms with Gasteiger partial charge in [-0.25, -0.2) is 0 Å². The highest BCUT2D eigenvalue weighted by Gasteiger charge is 2.42. The lowest BCUT2D eigenvalue weighted by Crippen LogP contribution is -2.47. The summed E-state index contributed by atoms with van der Waals surface area (Å²) >= 11 is 4.56. The van der Waals surface area contributed by atoms with Crippen molar-refractivity contribution in [1.29, 1.82) is 0 Å². The average Bonchev–Trinajstić information content (AvgIpc) is 2.90. The van der Waals surface area contributed by atoms with Gasteiger partial charge in [0.25, 0.3) is 5.91 Å². The summed E-state index contributed by atoms with van der Waals surface area (Å²) in [5.74, 6) is -1.24. The molecule has 1 fully saturated rings. The van der Waals surface area contributed by atoms with Crippen LogP contribution in [0.15, 0.2) is 29.7 Å². The van der Waals surface area contributed by atoms with Crippen LogP contribution >= 0.6 is 45.2 Å². The third-order valence-electron chi connectivity index (χ3n) is 4.34. The molecule has 1 aromatic rings. The first-order chi connectivity index (χ1) is 11.4. The van der Waals surface area contributed by atoms with Gasteiger partial charge in [-0.1, -0.05) is 6.07 Å². The molecule has 6 nitrogen and oxygen atoms in total. The highest BCUT2D eigenvalue weighted by Crippen LogP contribution is 2.31. The molecule has 0 saturated carbocycles. The van der Waals surface area contributed by atoms with Crippen LogP contribution in [0.25, 0.3) is 0 Å². The fourth-order valence-electron chi connectivity index (χ4n) is 3.06. The van der Waals surface area contributed by atoms with Crippen LogP contribution in [0.2, 0.25) is 0 Å². The Balaban J connectivity index is 1.81. The first-order valence-electron chi connectivity index (χ1n) is 7.55. The molecule has 1 aromatic carbocycles. The number of piperazine rings is 1. The number of amides is 2. The van der Waals surface area contributed by atoms with Crippen molar-refractivity contribution in [3.63, 3.8) is 0 Å². The number of carbonyl (C=O) groups is 2. The van der Waals surface area contributed by atoms with Crippen LogP contribution in [0.1, 0.15) is 5.56 Å². The summed E-state index contributed by atoms with van der Waals surface area (Å²) < 4.78 is 2.33. The summed E-state index contributed by atoms with van der Waals surface area (Å²) in [6.45, 7) is 2.07. The smallest absolute Gasteiger partial charge is 0.274 e. The van der Waals surface area contributed by atoms with Crippen LogP contribution in [-0.2, 0) is 16.1 Å². The maximum Gasteiger partial charge on any atom is 0.274 e. The quantitative estimate of drug-likeness (QED) is 0.560. The first-order valence-corrected chi connectivity index (χ1v) is 9.71. The Labute approximate surface area is 167 Å². The molecule has 2 N–H and O–H groups in total. The van der Waals surface area contributed by atoms with E-state index < -0.39 is 5.92 Å². The van der Waals surface area contributed by atoms with Gasteiger partial charge in [-0.15, -0.1) is 0 Å². The van der Waals surface area contributed by atoms with E-state index in [1.54, 1.807) is 4.90 Å². The van der Waals surface area contributed by atoms with Gasteiger partial charge in [0.2, 0.25) is 5.91 Å². The van der Waals surface area contributed by atoms with Gasteiger partial charge in [0.15, 0.2) is 0 Å². The maximum atomic E-state index is 12.8. The molecule has 24 heavy (non-hydrogen) atoms. The van der Waals surface area contributed by atoms with Crippen molar-refractivity contribution in [2.24, 2.45) is 5.92 Å². The molecule has 0 bridgehead atoms. The van der Waals surface area contributed by atoms with Crippen LogP contribution in [0.5, 0.6) is 0 Å². The molecule has 1 unspecified atom stereocenters. The predicted octanol–water partition coefficient (Wildman–Crippen LogP) is 1.69. The Bertz CT molecular complexity index is 735. The summed E-state index contributed by atoms with van der Waals surface area (Å²) in [7, 11) is 1.53. The molecule has 1 atom stereocenters. The minimum atomic E-state index is -0.659. The number of aliphatic hydroxyl groups excluding tert-OH is 1. The number of hydrogen-bond donors (Lipinski definition) is 2. The fraction of sp³-hybridized carbons (Fsp3) is 0.375. The summed E-state index contributed by atoms with van der Waals surface area (Å²) in [5, 5.41) is 12.9. The standard InChI is InChI=1S/C16H17I2N3O3/c1-19-15(23)10-8-20-4-5-21(16(24)13(20)14(10)22)7-9-2-3-11(17)12(18)6-9/h2-3,6,10,22H,4-5,7-8H2,1H3,(H,19,23). The molecule has 0 aliphatic carbocycles. The number of rotatable bonds is 3. The normalized spacial score (nSPS) is 20.5. The fourth-order valence-corrected chi connectivity index (χ4v) is 3.97. The van der Waals surface area contributed by atoms with Crippen molar-refractivity contribution in [1.82, 2.24) is 15.1 Å². The number of aliphatic hydroxyl groups is 1. The Kier molecular flexibility index (Phi) is 5.23. The molecular formula is C16H17I2N3O3. The predicted molar refractivity (Wildman–Crippen MR) is 106 cm³/mol. The van der Waals surface area contributed by atoms with E-state index in [0.717, 1.165) is 9.13 Å². The van der Waals surface area contributed by atoms with Gasteiger partial charge in [0.05, 0.1) is 0 Å². The minimum absolute atomic E-state index is 0.110. The van der Waals surface area contributed by atoms with Gasteiger partial charge in [0, 0.05) is 40.4 Å². The Morgan fingerprint density at radius 2 is 2.08 bits per heavy atom. The van der Waals surface area contributed by atoms with Gasteiger partial charge < -0.3 is 20.2 Å². The number of fused-ring (bicyclic) bond motifs is 1. The summed E-state index contributed by atoms with van der Waals surface area (Å²) in [6, 6.07) is 6.12. The third-order valence-corrected chi connectivity index (χ3v) is 7.21.